The lowest BCUT2D eigenvalue weighted by molar-refractivity contribution is -0.199. The molecule has 44 heavy (non-hydrogen) atoms. The molecule has 0 aromatic heterocycles. The Balaban J connectivity index is 1.77. The fourth-order valence-corrected chi connectivity index (χ4v) is 6.66. The van der Waals surface area contributed by atoms with Crippen LogP contribution in [0.5, 0.6) is 0 Å². The first-order chi connectivity index (χ1) is 19.8. The summed E-state index contributed by atoms with van der Waals surface area (Å²) in [5.41, 5.74) is -0.0300. The molecule has 6 atom stereocenters. The van der Waals surface area contributed by atoms with E-state index in [0.29, 0.717) is 13.2 Å². The van der Waals surface area contributed by atoms with E-state index in [-0.39, 0.29) is 72.5 Å². The molecule has 2 rings (SSSR count). The van der Waals surface area contributed by atoms with Crippen LogP contribution in [-0.2, 0) is 38.0 Å². The minimum Gasteiger partial charge on any atom is -0.465 e. The van der Waals surface area contributed by atoms with Gasteiger partial charge in [-0.05, 0) is 48.3 Å². The van der Waals surface area contributed by atoms with Crippen LogP contribution in [0.2, 0.25) is 0 Å². The molecular formula is C34H62O10. The van der Waals surface area contributed by atoms with Crippen LogP contribution in [0.25, 0.3) is 0 Å². The molecule has 10 nitrogen and oxygen atoms in total. The lowest BCUT2D eigenvalue weighted by atomic mass is 9.77. The Hall–Kier alpha value is -1.30. The molecular weight excluding hydrogens is 568 g/mol. The van der Waals surface area contributed by atoms with Crippen molar-refractivity contribution in [1.82, 2.24) is 0 Å². The Kier molecular flexibility index (Phi) is 12.9. The maximum absolute atomic E-state index is 12.5. The predicted molar refractivity (Wildman–Crippen MR) is 167 cm³/mol. The Morgan fingerprint density at radius 2 is 1.00 bits per heavy atom. The van der Waals surface area contributed by atoms with Crippen LogP contribution in [0.1, 0.15) is 122 Å². The number of carbonyl (C=O) groups excluding carboxylic acids is 2. The van der Waals surface area contributed by atoms with Gasteiger partial charge in [-0.1, -0.05) is 69.2 Å². The molecule has 0 spiro atoms. The molecule has 0 aromatic rings. The van der Waals surface area contributed by atoms with Gasteiger partial charge in [-0.2, -0.15) is 0 Å². The van der Waals surface area contributed by atoms with Gasteiger partial charge in [0.25, 0.3) is 0 Å². The fourth-order valence-electron chi connectivity index (χ4n) is 6.66. The zero-order chi connectivity index (χ0) is 33.8. The lowest BCUT2D eigenvalue weighted by Crippen LogP contribution is -2.47. The van der Waals surface area contributed by atoms with E-state index in [0.717, 1.165) is 12.8 Å². The molecule has 0 saturated carbocycles. The molecule has 0 aromatic carbocycles. The van der Waals surface area contributed by atoms with Crippen LogP contribution in [-0.4, -0.2) is 84.6 Å². The largest absolute Gasteiger partial charge is 0.465 e. The molecule has 258 valence electrons. The van der Waals surface area contributed by atoms with E-state index in [1.54, 1.807) is 13.8 Å². The summed E-state index contributed by atoms with van der Waals surface area (Å²) in [5.74, 6) is -2.88. The minimum atomic E-state index is -1.31. The van der Waals surface area contributed by atoms with Gasteiger partial charge in [0.1, 0.15) is 24.4 Å². The molecule has 2 saturated heterocycles. The summed E-state index contributed by atoms with van der Waals surface area (Å²) in [6, 6.07) is 0. The highest BCUT2D eigenvalue weighted by atomic mass is 16.8. The number of aliphatic hydroxyl groups excluding tert-OH is 2. The van der Waals surface area contributed by atoms with Gasteiger partial charge >= 0.3 is 11.9 Å². The summed E-state index contributed by atoms with van der Waals surface area (Å²) in [6.45, 7) is 25.5. The van der Waals surface area contributed by atoms with E-state index in [2.05, 4.69) is 69.2 Å². The number of hydrogen-bond donors (Lipinski definition) is 2. The molecule has 2 N–H and O–H groups in total. The second-order valence-corrected chi connectivity index (χ2v) is 17.3. The molecule has 0 radical (unpaired) electrons. The second kappa shape index (κ2) is 14.6. The maximum Gasteiger partial charge on any atom is 0.306 e. The van der Waals surface area contributed by atoms with E-state index >= 15 is 0 Å². The zero-order valence-corrected chi connectivity index (χ0v) is 29.5. The average Bonchev–Trinajstić information content (AvgIpc) is 3.44. The molecule has 2 heterocycles. The van der Waals surface area contributed by atoms with Gasteiger partial charge in [-0.3, -0.25) is 9.59 Å². The summed E-state index contributed by atoms with van der Waals surface area (Å²) in [6.07, 6.45) is -1.75. The van der Waals surface area contributed by atoms with Crippen molar-refractivity contribution in [3.63, 3.8) is 0 Å². The quantitative estimate of drug-likeness (QED) is 0.222. The number of carbonyl (C=O) groups is 2. The summed E-state index contributed by atoms with van der Waals surface area (Å²) in [7, 11) is 0. The van der Waals surface area contributed by atoms with Crippen molar-refractivity contribution in [1.29, 1.82) is 0 Å². The smallest absolute Gasteiger partial charge is 0.306 e. The number of hydrogen-bond acceptors (Lipinski definition) is 10. The van der Waals surface area contributed by atoms with Crippen molar-refractivity contribution in [2.45, 2.75) is 158 Å². The second-order valence-electron chi connectivity index (χ2n) is 17.3. The van der Waals surface area contributed by atoms with Crippen molar-refractivity contribution in [2.75, 3.05) is 26.4 Å². The number of esters is 2. The Bertz CT molecular complexity index is 873. The van der Waals surface area contributed by atoms with Crippen LogP contribution in [0, 0.1) is 21.7 Å². The van der Waals surface area contributed by atoms with Crippen molar-refractivity contribution in [3.8, 4) is 0 Å². The van der Waals surface area contributed by atoms with E-state index in [1.165, 1.54) is 0 Å². The predicted octanol–water partition coefficient (Wildman–Crippen LogP) is 5.54. The van der Waals surface area contributed by atoms with E-state index in [1.807, 2.05) is 0 Å². The summed E-state index contributed by atoms with van der Waals surface area (Å²) in [5, 5.41) is 21.8. The van der Waals surface area contributed by atoms with Crippen LogP contribution < -0.4 is 0 Å². The van der Waals surface area contributed by atoms with E-state index in [9.17, 15) is 19.8 Å². The molecule has 2 aliphatic heterocycles. The number of rotatable bonds is 15. The van der Waals surface area contributed by atoms with Crippen LogP contribution in [0.15, 0.2) is 0 Å². The van der Waals surface area contributed by atoms with Gasteiger partial charge in [-0.25, -0.2) is 0 Å². The van der Waals surface area contributed by atoms with Gasteiger partial charge in [0.05, 0.1) is 39.3 Å². The third-order valence-electron chi connectivity index (χ3n) is 7.85. The summed E-state index contributed by atoms with van der Waals surface area (Å²) >= 11 is 0. The molecule has 2 aliphatic rings. The van der Waals surface area contributed by atoms with Crippen LogP contribution in [0.4, 0.5) is 0 Å². The molecule has 0 amide bonds. The van der Waals surface area contributed by atoms with Crippen LogP contribution >= 0.6 is 0 Å². The molecule has 0 aliphatic carbocycles. The normalized spacial score (nSPS) is 28.1. The summed E-state index contributed by atoms with van der Waals surface area (Å²) < 4.78 is 34.6. The highest BCUT2D eigenvalue weighted by Gasteiger charge is 2.48. The standard InChI is InChI=1S/C34H62O10/c1-29(2,3)19-31(7,8)21-39-25(35)13-15-33(11)41-17-23(43-33)27(37)28(38)24-18-42-34(12,44-24)16-14-26(36)40-22-32(9,10)20-30(4,5)6/h23-24,27-28,37-38H,13-22H2,1-12H3. The van der Waals surface area contributed by atoms with Crippen molar-refractivity contribution in [3.05, 3.63) is 0 Å². The third-order valence-corrected chi connectivity index (χ3v) is 7.85. The van der Waals surface area contributed by atoms with Gasteiger partial charge in [0.2, 0.25) is 0 Å². The lowest BCUT2D eigenvalue weighted by Gasteiger charge is -2.32. The highest BCUT2D eigenvalue weighted by molar-refractivity contribution is 5.69. The molecule has 6 unspecified atom stereocenters. The minimum absolute atomic E-state index is 0.0463. The molecule has 10 heteroatoms. The van der Waals surface area contributed by atoms with Crippen molar-refractivity contribution < 1.29 is 48.2 Å². The Morgan fingerprint density at radius 3 is 1.30 bits per heavy atom. The monoisotopic (exact) mass is 630 g/mol. The van der Waals surface area contributed by atoms with Gasteiger partial charge in [-0.15, -0.1) is 0 Å². The SMILES string of the molecule is CC(C)(C)CC(C)(C)COC(=O)CCC1(C)OCC(C(O)C(O)C2COC(C)(CCC(=O)OCC(C)(C)CC(C)(C)C)O2)O1. The maximum atomic E-state index is 12.5. The summed E-state index contributed by atoms with van der Waals surface area (Å²) in [4.78, 5) is 24.9. The van der Waals surface area contributed by atoms with Crippen molar-refractivity contribution in [2.24, 2.45) is 21.7 Å². The van der Waals surface area contributed by atoms with E-state index < -0.39 is 36.0 Å². The number of aliphatic hydroxyl groups is 2. The molecule has 0 bridgehead atoms. The fraction of sp³-hybridized carbons (Fsp3) is 0.941. The average molecular weight is 631 g/mol. The van der Waals surface area contributed by atoms with Gasteiger partial charge in [0.15, 0.2) is 11.6 Å². The van der Waals surface area contributed by atoms with Crippen LogP contribution in [0.3, 0.4) is 0 Å². The Morgan fingerprint density at radius 1 is 0.682 bits per heavy atom. The van der Waals surface area contributed by atoms with Crippen molar-refractivity contribution >= 4 is 11.9 Å². The van der Waals surface area contributed by atoms with Gasteiger partial charge in [0, 0.05) is 12.8 Å². The molecule has 2 fully saturated rings. The zero-order valence-electron chi connectivity index (χ0n) is 29.5. The number of ether oxygens (including phenoxy) is 6. The van der Waals surface area contributed by atoms with E-state index in [4.69, 9.17) is 28.4 Å². The third kappa shape index (κ3) is 13.6. The highest BCUT2D eigenvalue weighted by Crippen LogP contribution is 2.36. The first-order valence-corrected chi connectivity index (χ1v) is 16.1. The first-order valence-electron chi connectivity index (χ1n) is 16.1. The topological polar surface area (TPSA) is 130 Å². The Labute approximate surface area is 265 Å². The van der Waals surface area contributed by atoms with Gasteiger partial charge < -0.3 is 38.6 Å². The first kappa shape index (κ1) is 38.9.